The third kappa shape index (κ3) is 4.94. The predicted molar refractivity (Wildman–Crippen MR) is 78.6 cm³/mol. The molecule has 1 N–H and O–H groups in total. The number of hydrogen-bond donors (Lipinski definition) is 1. The number of carboxylic acids is 1. The van der Waals surface area contributed by atoms with E-state index in [1.165, 1.54) is 4.90 Å². The van der Waals surface area contributed by atoms with E-state index in [0.29, 0.717) is 5.56 Å². The van der Waals surface area contributed by atoms with E-state index >= 15 is 0 Å². The molecule has 2 aromatic carbocycles. The number of carbonyl (C=O) groups excluding carboxylic acids is 1. The van der Waals surface area contributed by atoms with Gasteiger partial charge in [0.2, 0.25) is 6.41 Å². The SMILES string of the molecule is CN(C)C=O.O=C(O)c1ccc(-c2ccccc2)cc1. The molecule has 0 bridgehead atoms. The molecule has 0 radical (unpaired) electrons. The molecule has 0 spiro atoms. The Morgan fingerprint density at radius 3 is 1.80 bits per heavy atom. The molecule has 20 heavy (non-hydrogen) atoms. The summed E-state index contributed by atoms with van der Waals surface area (Å²) in [6, 6.07) is 16.7. The zero-order valence-electron chi connectivity index (χ0n) is 11.5. The van der Waals surface area contributed by atoms with Crippen molar-refractivity contribution in [1.82, 2.24) is 4.90 Å². The van der Waals surface area contributed by atoms with E-state index in [1.807, 2.05) is 42.5 Å². The van der Waals surface area contributed by atoms with Gasteiger partial charge >= 0.3 is 5.97 Å². The first-order valence-electron chi connectivity index (χ1n) is 6.05. The summed E-state index contributed by atoms with van der Waals surface area (Å²) >= 11 is 0. The maximum absolute atomic E-state index is 10.6. The standard InChI is InChI=1S/C13H10O2.C3H7NO/c14-13(15)12-8-6-11(7-9-12)10-4-2-1-3-5-10;1-4(2)3-5/h1-9H,(H,14,15);3H,1-2H3. The molecule has 2 aromatic rings. The summed E-state index contributed by atoms with van der Waals surface area (Å²) in [6.07, 6.45) is 0.750. The van der Waals surface area contributed by atoms with Crippen molar-refractivity contribution in [2.45, 2.75) is 0 Å². The highest BCUT2D eigenvalue weighted by molar-refractivity contribution is 5.88. The van der Waals surface area contributed by atoms with E-state index in [0.717, 1.165) is 17.5 Å². The maximum Gasteiger partial charge on any atom is 0.335 e. The lowest BCUT2D eigenvalue weighted by Gasteiger charge is -2.01. The summed E-state index contributed by atoms with van der Waals surface area (Å²) in [7, 11) is 3.38. The Balaban J connectivity index is 0.000000347. The van der Waals surface area contributed by atoms with Crippen molar-refractivity contribution >= 4 is 12.4 Å². The lowest BCUT2D eigenvalue weighted by atomic mass is 10.0. The molecule has 0 saturated carbocycles. The van der Waals surface area contributed by atoms with Crippen LogP contribution in [0.1, 0.15) is 10.4 Å². The van der Waals surface area contributed by atoms with Crippen LogP contribution in [0.2, 0.25) is 0 Å². The molecule has 0 aromatic heterocycles. The number of aromatic carboxylic acids is 1. The van der Waals surface area contributed by atoms with Gasteiger partial charge in [-0.05, 0) is 23.3 Å². The van der Waals surface area contributed by atoms with Crippen LogP contribution < -0.4 is 0 Å². The largest absolute Gasteiger partial charge is 0.478 e. The second kappa shape index (κ2) is 7.74. The van der Waals surface area contributed by atoms with Crippen molar-refractivity contribution in [2.24, 2.45) is 0 Å². The number of rotatable bonds is 3. The van der Waals surface area contributed by atoms with E-state index in [-0.39, 0.29) is 0 Å². The molecular weight excluding hydrogens is 254 g/mol. The molecule has 0 atom stereocenters. The summed E-state index contributed by atoms with van der Waals surface area (Å²) < 4.78 is 0. The van der Waals surface area contributed by atoms with Crippen molar-refractivity contribution in [3.8, 4) is 11.1 Å². The van der Waals surface area contributed by atoms with Crippen LogP contribution in [0.25, 0.3) is 11.1 Å². The maximum atomic E-state index is 10.6. The highest BCUT2D eigenvalue weighted by Crippen LogP contribution is 2.18. The van der Waals surface area contributed by atoms with Gasteiger partial charge < -0.3 is 10.0 Å². The van der Waals surface area contributed by atoms with Crippen LogP contribution in [0.3, 0.4) is 0 Å². The number of carboxylic acid groups (broad SMARTS) is 1. The molecule has 0 aliphatic rings. The fourth-order valence-electron chi connectivity index (χ4n) is 1.44. The van der Waals surface area contributed by atoms with E-state index in [2.05, 4.69) is 0 Å². The van der Waals surface area contributed by atoms with Gasteiger partial charge in [0.05, 0.1) is 5.56 Å². The summed E-state index contributed by atoms with van der Waals surface area (Å²) in [6.45, 7) is 0. The second-order valence-electron chi connectivity index (χ2n) is 4.32. The molecule has 0 unspecified atom stereocenters. The molecule has 4 heteroatoms. The van der Waals surface area contributed by atoms with Crippen molar-refractivity contribution in [3.05, 3.63) is 60.2 Å². The van der Waals surface area contributed by atoms with Gasteiger partial charge in [-0.2, -0.15) is 0 Å². The molecule has 0 fully saturated rings. The Labute approximate surface area is 118 Å². The highest BCUT2D eigenvalue weighted by atomic mass is 16.4. The fourth-order valence-corrected chi connectivity index (χ4v) is 1.44. The molecule has 0 aliphatic heterocycles. The Hall–Kier alpha value is -2.62. The van der Waals surface area contributed by atoms with E-state index in [4.69, 9.17) is 5.11 Å². The Morgan fingerprint density at radius 1 is 0.950 bits per heavy atom. The van der Waals surface area contributed by atoms with Crippen molar-refractivity contribution in [3.63, 3.8) is 0 Å². The van der Waals surface area contributed by atoms with Crippen molar-refractivity contribution in [1.29, 1.82) is 0 Å². The van der Waals surface area contributed by atoms with Gasteiger partial charge in [0.25, 0.3) is 0 Å². The van der Waals surface area contributed by atoms with Gasteiger partial charge in [0.15, 0.2) is 0 Å². The normalized spacial score (nSPS) is 9.10. The smallest absolute Gasteiger partial charge is 0.335 e. The number of nitrogens with zero attached hydrogens (tertiary/aromatic N) is 1. The number of benzene rings is 2. The Morgan fingerprint density at radius 2 is 1.40 bits per heavy atom. The quantitative estimate of drug-likeness (QED) is 0.873. The molecule has 104 valence electrons. The van der Waals surface area contributed by atoms with Crippen LogP contribution in [0.4, 0.5) is 0 Å². The summed E-state index contributed by atoms with van der Waals surface area (Å²) in [4.78, 5) is 21.5. The minimum absolute atomic E-state index is 0.315. The first kappa shape index (κ1) is 15.4. The van der Waals surface area contributed by atoms with E-state index in [9.17, 15) is 9.59 Å². The minimum Gasteiger partial charge on any atom is -0.478 e. The van der Waals surface area contributed by atoms with Crippen LogP contribution >= 0.6 is 0 Å². The van der Waals surface area contributed by atoms with Gasteiger partial charge in [-0.15, -0.1) is 0 Å². The van der Waals surface area contributed by atoms with Gasteiger partial charge in [-0.25, -0.2) is 4.79 Å². The van der Waals surface area contributed by atoms with Gasteiger partial charge in [-0.1, -0.05) is 42.5 Å². The first-order chi connectivity index (χ1) is 9.54. The Kier molecular flexibility index (Phi) is 5.97. The molecular formula is C16H17NO3. The van der Waals surface area contributed by atoms with Crippen LogP contribution in [-0.2, 0) is 4.79 Å². The summed E-state index contributed by atoms with van der Waals surface area (Å²) in [5.41, 5.74) is 2.43. The summed E-state index contributed by atoms with van der Waals surface area (Å²) in [5.74, 6) is -0.894. The van der Waals surface area contributed by atoms with Crippen LogP contribution in [-0.4, -0.2) is 36.5 Å². The van der Waals surface area contributed by atoms with Crippen LogP contribution in [0.15, 0.2) is 54.6 Å². The first-order valence-corrected chi connectivity index (χ1v) is 6.05. The zero-order chi connectivity index (χ0) is 15.0. The Bertz CT molecular complexity index is 548. The van der Waals surface area contributed by atoms with Gasteiger partial charge in [0, 0.05) is 14.1 Å². The lowest BCUT2D eigenvalue weighted by Crippen LogP contribution is -2.06. The molecule has 1 amide bonds. The lowest BCUT2D eigenvalue weighted by molar-refractivity contribution is -0.115. The third-order valence-electron chi connectivity index (χ3n) is 2.45. The monoisotopic (exact) mass is 271 g/mol. The highest BCUT2D eigenvalue weighted by Gasteiger charge is 2.02. The summed E-state index contributed by atoms with van der Waals surface area (Å²) in [5, 5.41) is 8.75. The van der Waals surface area contributed by atoms with Crippen LogP contribution in [0.5, 0.6) is 0 Å². The van der Waals surface area contributed by atoms with Crippen LogP contribution in [0, 0.1) is 0 Å². The zero-order valence-corrected chi connectivity index (χ0v) is 11.5. The number of carbonyl (C=O) groups is 2. The fraction of sp³-hybridized carbons (Fsp3) is 0.125. The molecule has 0 aliphatic carbocycles. The minimum atomic E-state index is -0.894. The topological polar surface area (TPSA) is 57.6 Å². The van der Waals surface area contributed by atoms with Gasteiger partial charge in [0.1, 0.15) is 0 Å². The average molecular weight is 271 g/mol. The van der Waals surface area contributed by atoms with Gasteiger partial charge in [-0.3, -0.25) is 4.79 Å². The third-order valence-corrected chi connectivity index (χ3v) is 2.45. The molecule has 2 rings (SSSR count). The van der Waals surface area contributed by atoms with Crippen molar-refractivity contribution < 1.29 is 14.7 Å². The number of hydrogen-bond acceptors (Lipinski definition) is 2. The molecule has 0 heterocycles. The van der Waals surface area contributed by atoms with Crippen molar-refractivity contribution in [2.75, 3.05) is 14.1 Å². The average Bonchev–Trinajstić information content (AvgIpc) is 2.49. The molecule has 4 nitrogen and oxygen atoms in total. The predicted octanol–water partition coefficient (Wildman–Crippen LogP) is 2.76. The number of amides is 1. The second-order valence-corrected chi connectivity index (χ2v) is 4.32. The van der Waals surface area contributed by atoms with E-state index < -0.39 is 5.97 Å². The molecule has 0 saturated heterocycles. The van der Waals surface area contributed by atoms with E-state index in [1.54, 1.807) is 26.2 Å².